The van der Waals surface area contributed by atoms with Crippen LogP contribution in [0.2, 0.25) is 0 Å². The van der Waals surface area contributed by atoms with Crippen LogP contribution in [0.4, 0.5) is 0 Å². The van der Waals surface area contributed by atoms with Crippen molar-refractivity contribution in [3.63, 3.8) is 0 Å². The highest BCUT2D eigenvalue weighted by atomic mass is 16.3. The highest BCUT2D eigenvalue weighted by Gasteiger charge is 2.12. The highest BCUT2D eigenvalue weighted by Crippen LogP contribution is 2.37. The van der Waals surface area contributed by atoms with E-state index in [1.165, 1.54) is 32.7 Å². The molecule has 0 fully saturated rings. The van der Waals surface area contributed by atoms with E-state index in [1.807, 2.05) is 0 Å². The molecule has 0 spiro atoms. The lowest BCUT2D eigenvalue weighted by atomic mass is 10.0. The van der Waals surface area contributed by atoms with Crippen LogP contribution in [0.1, 0.15) is 5.56 Å². The van der Waals surface area contributed by atoms with Gasteiger partial charge in [-0.1, -0.05) is 72.3 Å². The molecular formula is C23H16O. The Morgan fingerprint density at radius 2 is 1.46 bits per heavy atom. The lowest BCUT2D eigenvalue weighted by Crippen LogP contribution is -1.80. The highest BCUT2D eigenvalue weighted by molar-refractivity contribution is 6.13. The summed E-state index contributed by atoms with van der Waals surface area (Å²) in [5.41, 5.74) is 5.52. The molecule has 0 radical (unpaired) electrons. The average molecular weight is 308 g/mol. The fourth-order valence-corrected chi connectivity index (χ4v) is 3.52. The molecule has 1 heteroatoms. The summed E-state index contributed by atoms with van der Waals surface area (Å²) in [6, 6.07) is 27.8. The summed E-state index contributed by atoms with van der Waals surface area (Å²) in [6.07, 6.45) is 0. The molecule has 0 saturated carbocycles. The van der Waals surface area contributed by atoms with E-state index in [-0.39, 0.29) is 0 Å². The van der Waals surface area contributed by atoms with Crippen molar-refractivity contribution in [1.29, 1.82) is 0 Å². The monoisotopic (exact) mass is 308 g/mol. The maximum Gasteiger partial charge on any atom is 0.143 e. The van der Waals surface area contributed by atoms with Crippen LogP contribution in [0, 0.1) is 6.92 Å². The molecule has 5 aromatic rings. The minimum Gasteiger partial charge on any atom is -0.455 e. The Hall–Kier alpha value is -3.06. The van der Waals surface area contributed by atoms with Gasteiger partial charge in [-0.05, 0) is 35.4 Å². The second-order valence-electron chi connectivity index (χ2n) is 6.35. The number of benzene rings is 4. The minimum atomic E-state index is 0.948. The van der Waals surface area contributed by atoms with Gasteiger partial charge < -0.3 is 4.42 Å². The molecule has 0 saturated heterocycles. The SMILES string of the molecule is Cc1cccc(-c2cccc3c2oc2cc4ccccc4cc23)c1. The van der Waals surface area contributed by atoms with Gasteiger partial charge in [-0.25, -0.2) is 0 Å². The zero-order valence-corrected chi connectivity index (χ0v) is 13.4. The summed E-state index contributed by atoms with van der Waals surface area (Å²) in [5, 5.41) is 4.81. The number of hydrogen-bond donors (Lipinski definition) is 0. The van der Waals surface area contributed by atoms with Gasteiger partial charge in [-0.2, -0.15) is 0 Å². The molecule has 5 rings (SSSR count). The quantitative estimate of drug-likeness (QED) is 0.335. The Morgan fingerprint density at radius 3 is 2.29 bits per heavy atom. The lowest BCUT2D eigenvalue weighted by Gasteiger charge is -2.03. The fraction of sp³-hybridized carbons (Fsp3) is 0.0435. The molecule has 4 aromatic carbocycles. The zero-order valence-electron chi connectivity index (χ0n) is 13.4. The Labute approximate surface area is 140 Å². The van der Waals surface area contributed by atoms with Gasteiger partial charge in [-0.15, -0.1) is 0 Å². The zero-order chi connectivity index (χ0) is 16.1. The van der Waals surface area contributed by atoms with Crippen LogP contribution in [-0.4, -0.2) is 0 Å². The van der Waals surface area contributed by atoms with E-state index in [4.69, 9.17) is 4.42 Å². The predicted molar refractivity (Wildman–Crippen MR) is 101 cm³/mol. The number of aryl methyl sites for hydroxylation is 1. The molecule has 1 aromatic heterocycles. The van der Waals surface area contributed by atoms with Gasteiger partial charge in [0, 0.05) is 16.3 Å². The third-order valence-electron chi connectivity index (χ3n) is 4.69. The summed E-state index contributed by atoms with van der Waals surface area (Å²) in [7, 11) is 0. The Balaban J connectivity index is 1.88. The van der Waals surface area contributed by atoms with Crippen LogP contribution in [-0.2, 0) is 0 Å². The van der Waals surface area contributed by atoms with E-state index < -0.39 is 0 Å². The van der Waals surface area contributed by atoms with Crippen LogP contribution >= 0.6 is 0 Å². The molecule has 0 aliphatic carbocycles. The van der Waals surface area contributed by atoms with Gasteiger partial charge in [-0.3, -0.25) is 0 Å². The molecule has 1 heterocycles. The predicted octanol–water partition coefficient (Wildman–Crippen LogP) is 6.71. The van der Waals surface area contributed by atoms with Gasteiger partial charge in [0.1, 0.15) is 11.2 Å². The molecule has 0 aliphatic rings. The Bertz CT molecular complexity index is 1210. The van der Waals surface area contributed by atoms with E-state index in [1.54, 1.807) is 0 Å². The summed E-state index contributed by atoms with van der Waals surface area (Å²) < 4.78 is 6.29. The van der Waals surface area contributed by atoms with Crippen LogP contribution in [0.3, 0.4) is 0 Å². The van der Waals surface area contributed by atoms with Gasteiger partial charge in [0.15, 0.2) is 0 Å². The largest absolute Gasteiger partial charge is 0.455 e. The van der Waals surface area contributed by atoms with Crippen LogP contribution in [0.5, 0.6) is 0 Å². The molecule has 0 N–H and O–H groups in total. The normalized spacial score (nSPS) is 11.5. The number of fused-ring (bicyclic) bond motifs is 4. The van der Waals surface area contributed by atoms with Gasteiger partial charge in [0.25, 0.3) is 0 Å². The van der Waals surface area contributed by atoms with E-state index in [0.29, 0.717) is 0 Å². The molecular weight excluding hydrogens is 292 g/mol. The average Bonchev–Trinajstić information content (AvgIpc) is 2.97. The molecule has 24 heavy (non-hydrogen) atoms. The van der Waals surface area contributed by atoms with Crippen molar-refractivity contribution in [2.45, 2.75) is 6.92 Å². The number of para-hydroxylation sites is 1. The maximum atomic E-state index is 6.29. The van der Waals surface area contributed by atoms with Gasteiger partial charge in [0.2, 0.25) is 0 Å². The van der Waals surface area contributed by atoms with Crippen molar-refractivity contribution >= 4 is 32.7 Å². The minimum absolute atomic E-state index is 0.948. The maximum absolute atomic E-state index is 6.29. The van der Waals surface area contributed by atoms with E-state index in [0.717, 1.165) is 16.7 Å². The fourth-order valence-electron chi connectivity index (χ4n) is 3.52. The first kappa shape index (κ1) is 13.4. The van der Waals surface area contributed by atoms with Crippen molar-refractivity contribution in [2.75, 3.05) is 0 Å². The topological polar surface area (TPSA) is 13.1 Å². The first-order valence-electron chi connectivity index (χ1n) is 8.21. The van der Waals surface area contributed by atoms with Crippen molar-refractivity contribution in [1.82, 2.24) is 0 Å². The molecule has 0 amide bonds. The smallest absolute Gasteiger partial charge is 0.143 e. The molecule has 0 aliphatic heterocycles. The summed E-state index contributed by atoms with van der Waals surface area (Å²) in [4.78, 5) is 0. The second-order valence-corrected chi connectivity index (χ2v) is 6.35. The lowest BCUT2D eigenvalue weighted by molar-refractivity contribution is 0.670. The molecule has 0 atom stereocenters. The molecule has 0 unspecified atom stereocenters. The number of hydrogen-bond acceptors (Lipinski definition) is 1. The second kappa shape index (κ2) is 4.97. The number of furan rings is 1. The molecule has 0 bridgehead atoms. The van der Waals surface area contributed by atoms with E-state index >= 15 is 0 Å². The van der Waals surface area contributed by atoms with Crippen molar-refractivity contribution in [2.24, 2.45) is 0 Å². The third-order valence-corrected chi connectivity index (χ3v) is 4.69. The van der Waals surface area contributed by atoms with Crippen LogP contribution in [0.15, 0.2) is 83.3 Å². The van der Waals surface area contributed by atoms with Crippen molar-refractivity contribution in [3.05, 3.63) is 84.4 Å². The third kappa shape index (κ3) is 1.95. The summed E-state index contributed by atoms with van der Waals surface area (Å²) in [6.45, 7) is 2.12. The van der Waals surface area contributed by atoms with E-state index in [2.05, 4.69) is 85.8 Å². The van der Waals surface area contributed by atoms with E-state index in [9.17, 15) is 0 Å². The Kier molecular flexibility index (Phi) is 2.77. The van der Waals surface area contributed by atoms with Crippen molar-refractivity contribution in [3.8, 4) is 11.1 Å². The number of rotatable bonds is 1. The van der Waals surface area contributed by atoms with Crippen molar-refractivity contribution < 1.29 is 4.42 Å². The van der Waals surface area contributed by atoms with Crippen LogP contribution in [0.25, 0.3) is 43.8 Å². The first-order valence-corrected chi connectivity index (χ1v) is 8.21. The molecule has 114 valence electrons. The Morgan fingerprint density at radius 1 is 0.667 bits per heavy atom. The van der Waals surface area contributed by atoms with Gasteiger partial charge >= 0.3 is 0 Å². The summed E-state index contributed by atoms with van der Waals surface area (Å²) >= 11 is 0. The summed E-state index contributed by atoms with van der Waals surface area (Å²) in [5.74, 6) is 0. The van der Waals surface area contributed by atoms with Crippen LogP contribution < -0.4 is 0 Å². The van der Waals surface area contributed by atoms with Gasteiger partial charge in [0.05, 0.1) is 0 Å². The first-order chi connectivity index (χ1) is 11.8. The molecule has 1 nitrogen and oxygen atoms in total. The standard InChI is InChI=1S/C23H16O/c1-15-6-4-9-18(12-15)19-10-5-11-20-21-13-16-7-2-3-8-17(16)14-22(21)24-23(19)20/h2-14H,1H3.